The van der Waals surface area contributed by atoms with Crippen molar-refractivity contribution < 1.29 is 9.90 Å². The van der Waals surface area contributed by atoms with Crippen LogP contribution in [-0.4, -0.2) is 30.7 Å². The van der Waals surface area contributed by atoms with E-state index in [1.807, 2.05) is 6.92 Å². The minimum Gasteiger partial charge on any atom is -0.478 e. The molecule has 1 N–H and O–H groups in total. The largest absolute Gasteiger partial charge is 0.478 e. The van der Waals surface area contributed by atoms with Crippen molar-refractivity contribution in [3.63, 3.8) is 0 Å². The molecule has 2 aromatic heterocycles. The Labute approximate surface area is 92.0 Å². The topological polar surface area (TPSA) is 80.4 Å². The SMILES string of the molecule is CCc1nc2nc(C)c(C(=O)O)c(C)n2n1. The third-order valence-corrected chi connectivity index (χ3v) is 2.47. The molecule has 0 radical (unpaired) electrons. The van der Waals surface area contributed by atoms with E-state index in [0.717, 1.165) is 0 Å². The quantitative estimate of drug-likeness (QED) is 0.816. The van der Waals surface area contributed by atoms with Crippen molar-refractivity contribution >= 4 is 11.7 Å². The molecule has 0 amide bonds. The zero-order valence-electron chi connectivity index (χ0n) is 9.35. The smallest absolute Gasteiger partial charge is 0.339 e. The van der Waals surface area contributed by atoms with E-state index in [1.165, 1.54) is 4.52 Å². The number of hydrogen-bond donors (Lipinski definition) is 1. The van der Waals surface area contributed by atoms with Crippen molar-refractivity contribution in [2.24, 2.45) is 0 Å². The summed E-state index contributed by atoms with van der Waals surface area (Å²) in [6.07, 6.45) is 0.699. The Hall–Kier alpha value is -1.98. The highest BCUT2D eigenvalue weighted by atomic mass is 16.4. The molecule has 84 valence electrons. The molecule has 0 atom stereocenters. The van der Waals surface area contributed by atoms with Gasteiger partial charge in [0.1, 0.15) is 5.56 Å². The van der Waals surface area contributed by atoms with E-state index in [2.05, 4.69) is 15.1 Å². The second-order valence-electron chi connectivity index (χ2n) is 3.56. The van der Waals surface area contributed by atoms with Crippen LogP contribution < -0.4 is 0 Å². The lowest BCUT2D eigenvalue weighted by Gasteiger charge is -2.05. The number of hydrogen-bond acceptors (Lipinski definition) is 4. The maximum absolute atomic E-state index is 11.1. The van der Waals surface area contributed by atoms with Crippen LogP contribution >= 0.6 is 0 Å². The minimum absolute atomic E-state index is 0.194. The first-order valence-corrected chi connectivity index (χ1v) is 5.00. The Balaban J connectivity index is 2.81. The molecule has 0 bridgehead atoms. The molecule has 2 aromatic rings. The molecule has 0 aliphatic heterocycles. The van der Waals surface area contributed by atoms with Gasteiger partial charge in [-0.05, 0) is 13.8 Å². The van der Waals surface area contributed by atoms with Crippen molar-refractivity contribution in [1.29, 1.82) is 0 Å². The molecular weight excluding hydrogens is 208 g/mol. The Bertz CT molecular complexity index is 574. The van der Waals surface area contributed by atoms with Crippen molar-refractivity contribution in [3.8, 4) is 0 Å². The van der Waals surface area contributed by atoms with Crippen LogP contribution in [0.25, 0.3) is 5.78 Å². The average Bonchev–Trinajstić information content (AvgIpc) is 2.60. The van der Waals surface area contributed by atoms with Crippen LogP contribution in [0.2, 0.25) is 0 Å². The third-order valence-electron chi connectivity index (χ3n) is 2.47. The molecule has 16 heavy (non-hydrogen) atoms. The summed E-state index contributed by atoms with van der Waals surface area (Å²) in [4.78, 5) is 19.4. The molecular formula is C10H12N4O2. The summed E-state index contributed by atoms with van der Waals surface area (Å²) in [5, 5.41) is 13.3. The number of aryl methyl sites for hydroxylation is 3. The number of rotatable bonds is 2. The molecule has 0 aliphatic rings. The summed E-state index contributed by atoms with van der Waals surface area (Å²) in [5.74, 6) is 0.132. The summed E-state index contributed by atoms with van der Waals surface area (Å²) < 4.78 is 1.48. The van der Waals surface area contributed by atoms with Crippen molar-refractivity contribution in [2.45, 2.75) is 27.2 Å². The molecule has 0 saturated heterocycles. The lowest BCUT2D eigenvalue weighted by molar-refractivity contribution is 0.0694. The second-order valence-corrected chi connectivity index (χ2v) is 3.56. The van der Waals surface area contributed by atoms with Gasteiger partial charge in [-0.3, -0.25) is 0 Å². The summed E-state index contributed by atoms with van der Waals surface area (Å²) >= 11 is 0. The normalized spacial score (nSPS) is 10.9. The molecule has 0 fully saturated rings. The van der Waals surface area contributed by atoms with Gasteiger partial charge in [-0.1, -0.05) is 6.92 Å². The maximum Gasteiger partial charge on any atom is 0.339 e. The number of carboxylic acid groups (broad SMARTS) is 1. The number of fused-ring (bicyclic) bond motifs is 1. The van der Waals surface area contributed by atoms with E-state index in [0.29, 0.717) is 29.4 Å². The predicted octanol–water partition coefficient (Wildman–Crippen LogP) is 1.00. The third kappa shape index (κ3) is 1.42. The van der Waals surface area contributed by atoms with E-state index in [4.69, 9.17) is 5.11 Å². The molecule has 0 aliphatic carbocycles. The summed E-state index contributed by atoms with van der Waals surface area (Å²) in [7, 11) is 0. The average molecular weight is 220 g/mol. The van der Waals surface area contributed by atoms with Crippen molar-refractivity contribution in [1.82, 2.24) is 19.6 Å². The highest BCUT2D eigenvalue weighted by Gasteiger charge is 2.17. The summed E-state index contributed by atoms with van der Waals surface area (Å²) in [5.41, 5.74) is 1.22. The monoisotopic (exact) mass is 220 g/mol. The summed E-state index contributed by atoms with van der Waals surface area (Å²) in [6.45, 7) is 5.31. The fourth-order valence-corrected chi connectivity index (χ4v) is 1.68. The van der Waals surface area contributed by atoms with E-state index in [1.54, 1.807) is 13.8 Å². The Kier molecular flexibility index (Phi) is 2.34. The first-order chi connectivity index (χ1) is 7.54. The number of carboxylic acids is 1. The van der Waals surface area contributed by atoms with Crippen LogP contribution in [-0.2, 0) is 6.42 Å². The summed E-state index contributed by atoms with van der Waals surface area (Å²) in [6, 6.07) is 0. The van der Waals surface area contributed by atoms with Crippen LogP contribution in [0.3, 0.4) is 0 Å². The van der Waals surface area contributed by atoms with Crippen LogP contribution in [0.15, 0.2) is 0 Å². The highest BCUT2D eigenvalue weighted by molar-refractivity contribution is 5.90. The van der Waals surface area contributed by atoms with Gasteiger partial charge in [0, 0.05) is 6.42 Å². The van der Waals surface area contributed by atoms with Gasteiger partial charge < -0.3 is 5.11 Å². The highest BCUT2D eigenvalue weighted by Crippen LogP contribution is 2.13. The fourth-order valence-electron chi connectivity index (χ4n) is 1.68. The van der Waals surface area contributed by atoms with E-state index in [9.17, 15) is 4.79 Å². The van der Waals surface area contributed by atoms with Gasteiger partial charge in [-0.15, -0.1) is 5.10 Å². The molecule has 6 heteroatoms. The van der Waals surface area contributed by atoms with E-state index >= 15 is 0 Å². The van der Waals surface area contributed by atoms with Crippen LogP contribution in [0.4, 0.5) is 0 Å². The molecule has 0 aromatic carbocycles. The van der Waals surface area contributed by atoms with Gasteiger partial charge in [0.15, 0.2) is 5.82 Å². The van der Waals surface area contributed by atoms with Crippen LogP contribution in [0, 0.1) is 13.8 Å². The van der Waals surface area contributed by atoms with Gasteiger partial charge in [0.2, 0.25) is 0 Å². The van der Waals surface area contributed by atoms with E-state index in [-0.39, 0.29) is 5.56 Å². The van der Waals surface area contributed by atoms with Crippen molar-refractivity contribution in [3.05, 3.63) is 22.8 Å². The number of aromatic nitrogens is 4. The zero-order chi connectivity index (χ0) is 11.9. The van der Waals surface area contributed by atoms with E-state index < -0.39 is 5.97 Å². The Morgan fingerprint density at radius 2 is 2.06 bits per heavy atom. The maximum atomic E-state index is 11.1. The number of aromatic carboxylic acids is 1. The molecule has 0 unspecified atom stereocenters. The first kappa shape index (κ1) is 10.5. The molecule has 0 saturated carbocycles. The first-order valence-electron chi connectivity index (χ1n) is 5.00. The van der Waals surface area contributed by atoms with Gasteiger partial charge in [0.25, 0.3) is 5.78 Å². The van der Waals surface area contributed by atoms with Gasteiger partial charge in [-0.2, -0.15) is 4.98 Å². The fraction of sp³-hybridized carbons (Fsp3) is 0.400. The predicted molar refractivity (Wildman–Crippen MR) is 56.6 cm³/mol. The number of nitrogens with zero attached hydrogens (tertiary/aromatic N) is 4. The standard InChI is InChI=1S/C10H12N4O2/c1-4-7-12-10-11-5(2)8(9(15)16)6(3)14(10)13-7/h4H2,1-3H3,(H,15,16). The van der Waals surface area contributed by atoms with Crippen LogP contribution in [0.1, 0.15) is 34.5 Å². The second kappa shape index (κ2) is 3.55. The number of carbonyl (C=O) groups is 1. The Morgan fingerprint density at radius 3 is 2.62 bits per heavy atom. The van der Waals surface area contributed by atoms with Gasteiger partial charge in [0.05, 0.1) is 11.4 Å². The zero-order valence-corrected chi connectivity index (χ0v) is 9.35. The lowest BCUT2D eigenvalue weighted by Crippen LogP contribution is -2.10. The van der Waals surface area contributed by atoms with Crippen molar-refractivity contribution in [2.75, 3.05) is 0 Å². The minimum atomic E-state index is -0.988. The molecule has 6 nitrogen and oxygen atoms in total. The lowest BCUT2D eigenvalue weighted by atomic mass is 10.2. The molecule has 2 heterocycles. The van der Waals surface area contributed by atoms with Gasteiger partial charge in [-0.25, -0.2) is 14.3 Å². The Morgan fingerprint density at radius 1 is 1.38 bits per heavy atom. The molecule has 2 rings (SSSR count). The van der Waals surface area contributed by atoms with Gasteiger partial charge >= 0.3 is 5.97 Å². The molecule has 0 spiro atoms. The van der Waals surface area contributed by atoms with Crippen LogP contribution in [0.5, 0.6) is 0 Å².